The monoisotopic (exact) mass is 1860 g/mol. The van der Waals surface area contributed by atoms with E-state index in [4.69, 9.17) is 29.9 Å². The summed E-state index contributed by atoms with van der Waals surface area (Å²) in [5.41, 5.74) is 36.4. The van der Waals surface area contributed by atoms with Crippen LogP contribution in [-0.2, 0) is 0 Å². The number of benzene rings is 18. The Morgan fingerprint density at radius 3 is 0.719 bits per heavy atom. The summed E-state index contributed by atoms with van der Waals surface area (Å²) < 4.78 is 0. The molecule has 0 saturated heterocycles. The molecule has 28 rings (SSSR count). The first-order chi connectivity index (χ1) is 72.0. The first kappa shape index (κ1) is 87.4. The normalized spacial score (nSPS) is 11.6. The molecule has 10 heterocycles. The highest BCUT2D eigenvalue weighted by molar-refractivity contribution is 6.30. The van der Waals surface area contributed by atoms with E-state index in [1.165, 1.54) is 136 Å². The number of nitrogens with zero attached hydrogens (tertiary/aromatic N) is 10. The molecule has 0 aliphatic carbocycles. The van der Waals surface area contributed by atoms with Crippen LogP contribution in [0.25, 0.3) is 275 Å². The van der Waals surface area contributed by atoms with Gasteiger partial charge in [-0.05, 0) is 260 Å². The Hall–Kier alpha value is -18.9. The molecule has 10 nitrogen and oxygen atoms in total. The summed E-state index contributed by atoms with van der Waals surface area (Å²) in [7, 11) is 0. The van der Waals surface area contributed by atoms with Crippen LogP contribution in [0.5, 0.6) is 0 Å². The number of hydrogen-bond donors (Lipinski definition) is 0. The van der Waals surface area contributed by atoms with Crippen molar-refractivity contribution >= 4 is 152 Å². The smallest absolute Gasteiger partial charge is 0.0791 e. The van der Waals surface area contributed by atoms with Crippen LogP contribution in [0.1, 0.15) is 33.4 Å². The summed E-state index contributed by atoms with van der Waals surface area (Å²) in [6.07, 6.45) is 11.1. The average Bonchev–Trinajstić information content (AvgIpc) is 0.708. The van der Waals surface area contributed by atoms with Crippen molar-refractivity contribution in [3.63, 3.8) is 0 Å². The van der Waals surface area contributed by atoms with Crippen LogP contribution in [0.4, 0.5) is 0 Å². The van der Waals surface area contributed by atoms with Crippen LogP contribution in [0.3, 0.4) is 0 Å². The van der Waals surface area contributed by atoms with Gasteiger partial charge in [-0.2, -0.15) is 0 Å². The molecule has 0 aliphatic rings. The molecule has 10 heteroatoms. The predicted molar refractivity (Wildman–Crippen MR) is 611 cm³/mol. The van der Waals surface area contributed by atoms with Crippen LogP contribution >= 0.6 is 0 Å². The van der Waals surface area contributed by atoms with Gasteiger partial charge in [0.2, 0.25) is 0 Å². The summed E-state index contributed by atoms with van der Waals surface area (Å²) in [4.78, 5) is 50.3. The highest BCUT2D eigenvalue weighted by Gasteiger charge is 2.29. The zero-order valence-electron chi connectivity index (χ0n) is 81.2. The van der Waals surface area contributed by atoms with Crippen molar-refractivity contribution < 1.29 is 0 Å². The van der Waals surface area contributed by atoms with Crippen LogP contribution < -0.4 is 0 Å². The van der Waals surface area contributed by atoms with E-state index in [0.717, 1.165) is 172 Å². The molecule has 0 spiro atoms. The van der Waals surface area contributed by atoms with E-state index in [9.17, 15) is 0 Å². The topological polar surface area (TPSA) is 129 Å². The molecule has 0 aliphatic heterocycles. The van der Waals surface area contributed by atoms with Gasteiger partial charge < -0.3 is 0 Å². The van der Waals surface area contributed by atoms with Gasteiger partial charge in [0.25, 0.3) is 0 Å². The molecule has 0 bridgehead atoms. The molecule has 10 aromatic heterocycles. The van der Waals surface area contributed by atoms with Crippen molar-refractivity contribution in [3.8, 4) is 123 Å². The zero-order chi connectivity index (χ0) is 97.7. The van der Waals surface area contributed by atoms with Gasteiger partial charge >= 0.3 is 0 Å². The van der Waals surface area contributed by atoms with Gasteiger partial charge in [0, 0.05) is 157 Å². The van der Waals surface area contributed by atoms with Crippen molar-refractivity contribution in [3.05, 3.63) is 483 Å². The number of aromatic nitrogens is 10. The molecule has 0 N–H and O–H groups in total. The Morgan fingerprint density at radius 2 is 0.397 bits per heavy atom. The van der Waals surface area contributed by atoms with E-state index in [-0.39, 0.29) is 0 Å². The second-order valence-corrected chi connectivity index (χ2v) is 38.0. The van der Waals surface area contributed by atoms with Crippen molar-refractivity contribution in [2.24, 2.45) is 0 Å². The molecule has 0 amide bonds. The fraction of sp³-hybridized carbons (Fsp3) is 0.0441. The van der Waals surface area contributed by atoms with Gasteiger partial charge in [-0.25, -0.2) is 29.9 Å². The summed E-state index contributed by atoms with van der Waals surface area (Å²) >= 11 is 0. The maximum Gasteiger partial charge on any atom is 0.0791 e. The average molecular weight is 1870 g/mol. The lowest BCUT2D eigenvalue weighted by atomic mass is 9.85. The predicted octanol–water partition coefficient (Wildman–Crippen LogP) is 35.3. The van der Waals surface area contributed by atoms with Gasteiger partial charge in [-0.1, -0.05) is 303 Å². The molecule has 18 aromatic carbocycles. The first-order valence-corrected chi connectivity index (χ1v) is 49.7. The maximum atomic E-state index is 5.47. The molecule has 0 saturated carbocycles. The van der Waals surface area contributed by atoms with E-state index in [2.05, 4.69) is 438 Å². The molecule has 28 aromatic rings. The van der Waals surface area contributed by atoms with E-state index in [0.29, 0.717) is 0 Å². The minimum Gasteiger partial charge on any atom is -0.264 e. The zero-order valence-corrected chi connectivity index (χ0v) is 81.2. The fourth-order valence-electron chi connectivity index (χ4n) is 23.0. The number of rotatable bonds is 11. The largest absolute Gasteiger partial charge is 0.264 e. The first-order valence-electron chi connectivity index (χ1n) is 49.7. The molecule has 146 heavy (non-hydrogen) atoms. The third kappa shape index (κ3) is 14.9. The minimum atomic E-state index is 0.942. The van der Waals surface area contributed by atoms with Crippen LogP contribution in [-0.4, -0.2) is 49.8 Å². The van der Waals surface area contributed by atoms with E-state index in [1.54, 1.807) is 0 Å². The Bertz CT molecular complexity index is 9450. The second-order valence-electron chi connectivity index (χ2n) is 38.0. The summed E-state index contributed by atoms with van der Waals surface area (Å²) in [6, 6.07) is 145. The fourth-order valence-corrected chi connectivity index (χ4v) is 23.0. The molecule has 0 atom stereocenters. The maximum absolute atomic E-state index is 5.47. The van der Waals surface area contributed by atoms with Crippen LogP contribution in [0.2, 0.25) is 0 Å². The third-order valence-electron chi connectivity index (χ3n) is 29.6. The van der Waals surface area contributed by atoms with E-state index < -0.39 is 0 Å². The van der Waals surface area contributed by atoms with Crippen LogP contribution in [0, 0.1) is 41.5 Å². The highest BCUT2D eigenvalue weighted by Crippen LogP contribution is 2.52. The van der Waals surface area contributed by atoms with Crippen LogP contribution in [0.15, 0.2) is 450 Å². The number of para-hydroxylation sites is 6. The summed E-state index contributed by atoms with van der Waals surface area (Å²) in [5, 5.41) is 26.4. The van der Waals surface area contributed by atoms with Crippen molar-refractivity contribution in [2.75, 3.05) is 0 Å². The molecule has 0 unspecified atom stereocenters. The summed E-state index contributed by atoms with van der Waals surface area (Å²) in [6.45, 7) is 13.6. The van der Waals surface area contributed by atoms with Gasteiger partial charge in [-0.15, -0.1) is 0 Å². The van der Waals surface area contributed by atoms with E-state index in [1.807, 2.05) is 73.6 Å². The quantitative estimate of drug-likeness (QED) is 0.0912. The van der Waals surface area contributed by atoms with Crippen molar-refractivity contribution in [1.82, 2.24) is 49.8 Å². The molecule has 0 fully saturated rings. The van der Waals surface area contributed by atoms with Gasteiger partial charge in [-0.3, -0.25) is 19.9 Å². The second kappa shape index (κ2) is 36.3. The minimum absolute atomic E-state index is 0.942. The van der Waals surface area contributed by atoms with Crippen molar-refractivity contribution in [2.45, 2.75) is 41.5 Å². The molecular weight excluding hydrogens is 1770 g/mol. The van der Waals surface area contributed by atoms with Crippen molar-refractivity contribution in [1.29, 1.82) is 0 Å². The molecular formula is C136H92N10. The number of pyridine rings is 10. The van der Waals surface area contributed by atoms with Gasteiger partial charge in [0.15, 0.2) is 0 Å². The SMILES string of the molecule is Cc1c2c(-c3cccc(-c4cc5ccccc5c5ccccc45)c3)nc3ccccc3c2c(C)c2c(-c3ccccc3)nc3ccccc3c12.Cc1c2c(-c3cccc(-c4ccccn4)c3)nc3ccccc3c2c(C)c2c(-c3cccc(-c4ccccn4)c3)nc3ccccc3c12.Cc1c2c(-c3cccc(-c4cccnc4)c3)nc3ccccc3c2c(C)c2c(-c3cccc(-c4cccnc4)c3)nc3ccccc3c12. The standard InChI is InChI=1S/C48H32N2.2C44H30N4/c1-29-44-39-24-11-13-26-42(39)50-48(34-19-14-18-32(27-34)40-28-33-17-6-7-20-35(33)36-21-8-9-22-37(36)40)46(44)30(2)43-38-23-10-12-25-41(38)49-47(45(29)43)31-15-4-3-5-16-31;1-27-39-35-17-3-5-19-37(35)48-44(32-14-8-12-30(24-32)34-16-10-22-46-26-34)42(39)28(2)40-36-18-4-6-20-38(36)47-43(41(27)40)31-13-7-11-29(23-31)33-15-9-21-45-25-33;1-27-39-33-17-3-5-21-37(33)48-44(32-16-12-14-30(26-32)36-20-8-10-24-46-36)42(39)28(2)40-34-18-4-6-22-38(34)47-43(41(27)40)31-15-11-13-29(25-31)35-19-7-9-23-45-35/h3-28H,1-2H3;2*3-26H,1-2H3. The Labute approximate surface area is 843 Å². The highest BCUT2D eigenvalue weighted by atomic mass is 14.8. The third-order valence-corrected chi connectivity index (χ3v) is 29.6. The number of aryl methyl sites for hydroxylation is 6. The number of fused-ring (bicyclic) bond motifs is 21. The summed E-state index contributed by atoms with van der Waals surface area (Å²) in [5.74, 6) is 0. The lowest BCUT2D eigenvalue weighted by Gasteiger charge is -2.21. The van der Waals surface area contributed by atoms with E-state index >= 15 is 0 Å². The number of hydrogen-bond acceptors (Lipinski definition) is 10. The Balaban J connectivity index is 0.000000111. The molecule has 686 valence electrons. The lowest BCUT2D eigenvalue weighted by Crippen LogP contribution is -1.99. The lowest BCUT2D eigenvalue weighted by molar-refractivity contribution is 1.32. The Morgan fingerprint density at radius 1 is 0.151 bits per heavy atom. The Kier molecular flexibility index (Phi) is 21.7. The molecule has 0 radical (unpaired) electrons. The van der Waals surface area contributed by atoms with Gasteiger partial charge in [0.05, 0.1) is 78.7 Å². The van der Waals surface area contributed by atoms with Gasteiger partial charge in [0.1, 0.15) is 0 Å².